The molecule has 2 aliphatic heterocycles. The van der Waals surface area contributed by atoms with Gasteiger partial charge in [0.15, 0.2) is 0 Å². The molecule has 0 radical (unpaired) electrons. The van der Waals surface area contributed by atoms with E-state index < -0.39 is 0 Å². The van der Waals surface area contributed by atoms with E-state index >= 15 is 0 Å². The number of fused-ring (bicyclic) bond motifs is 1. The molecule has 0 saturated carbocycles. The van der Waals surface area contributed by atoms with Crippen LogP contribution in [0.4, 0.5) is 4.39 Å². The molecule has 40 heavy (non-hydrogen) atoms. The lowest BCUT2D eigenvalue weighted by Crippen LogP contribution is -2.41. The lowest BCUT2D eigenvalue weighted by molar-refractivity contribution is 0.0908. The van der Waals surface area contributed by atoms with Crippen molar-refractivity contribution in [1.29, 1.82) is 5.26 Å². The number of nitriles is 1. The average molecular weight is 543 g/mol. The van der Waals surface area contributed by atoms with Gasteiger partial charge in [-0.05, 0) is 62.9 Å². The Morgan fingerprint density at radius 3 is 2.85 bits per heavy atom. The Balaban J connectivity index is 1.06. The third-order valence-electron chi connectivity index (χ3n) is 8.24. The minimum absolute atomic E-state index is 0.0452. The van der Waals surface area contributed by atoms with Crippen LogP contribution in [0.2, 0.25) is 0 Å². The van der Waals surface area contributed by atoms with E-state index in [4.69, 9.17) is 4.74 Å². The van der Waals surface area contributed by atoms with Gasteiger partial charge < -0.3 is 14.6 Å². The van der Waals surface area contributed by atoms with Gasteiger partial charge in [0.1, 0.15) is 29.6 Å². The standard InChI is InChI=1S/C30H35FN8O/c1-21-3-2-10-38(21)17-22-13-24(31)15-27(14-22)40-26-6-11-37(12-7-26)19-25(4-8-32)39-18-23(16-36-39)29-28-5-9-33-30(28)35-20-34-29/h5,9,13-16,18,20-21,25-26H,2-4,6-7,10-12,17,19H2,1H3,(H,33,34,35). The van der Waals surface area contributed by atoms with Crippen molar-refractivity contribution in [1.82, 2.24) is 34.5 Å². The SMILES string of the molecule is CC1CCCN1Cc1cc(F)cc(OC2CCN(CC(CC#N)n3cc(-c4ncnc5[nH]ccc45)cn3)CC2)c1. The molecule has 3 aromatic heterocycles. The van der Waals surface area contributed by atoms with Crippen LogP contribution in [-0.4, -0.2) is 72.9 Å². The summed E-state index contributed by atoms with van der Waals surface area (Å²) in [5.74, 6) is 0.377. The predicted octanol–water partition coefficient (Wildman–Crippen LogP) is 4.94. The van der Waals surface area contributed by atoms with E-state index in [2.05, 4.69) is 42.8 Å². The highest BCUT2D eigenvalue weighted by atomic mass is 19.1. The van der Waals surface area contributed by atoms with E-state index in [-0.39, 0.29) is 18.0 Å². The fraction of sp³-hybridized carbons (Fsp3) is 0.467. The molecule has 0 amide bonds. The first-order valence-corrected chi connectivity index (χ1v) is 14.2. The molecule has 1 aromatic carbocycles. The second-order valence-electron chi connectivity index (χ2n) is 11.1. The number of H-pyrrole nitrogens is 1. The van der Waals surface area contributed by atoms with Crippen LogP contribution in [0, 0.1) is 17.1 Å². The summed E-state index contributed by atoms with van der Waals surface area (Å²) < 4.78 is 22.6. The highest BCUT2D eigenvalue weighted by Gasteiger charge is 2.25. The minimum atomic E-state index is -0.242. The molecule has 0 spiro atoms. The van der Waals surface area contributed by atoms with Gasteiger partial charge in [-0.25, -0.2) is 14.4 Å². The van der Waals surface area contributed by atoms with Crippen molar-refractivity contribution in [3.8, 4) is 23.1 Å². The Bertz CT molecular complexity index is 1480. The number of ether oxygens (including phenoxy) is 1. The van der Waals surface area contributed by atoms with Gasteiger partial charge in [0.2, 0.25) is 0 Å². The van der Waals surface area contributed by atoms with Crippen LogP contribution < -0.4 is 4.74 Å². The molecular weight excluding hydrogens is 507 g/mol. The van der Waals surface area contributed by atoms with Crippen molar-refractivity contribution < 1.29 is 9.13 Å². The fourth-order valence-electron chi connectivity index (χ4n) is 6.05. The molecule has 2 atom stereocenters. The number of aromatic nitrogens is 5. The molecule has 2 fully saturated rings. The number of piperidine rings is 1. The van der Waals surface area contributed by atoms with Gasteiger partial charge >= 0.3 is 0 Å². The molecule has 6 rings (SSSR count). The number of hydrogen-bond donors (Lipinski definition) is 1. The highest BCUT2D eigenvalue weighted by molar-refractivity contribution is 5.89. The van der Waals surface area contributed by atoms with Gasteiger partial charge in [-0.15, -0.1) is 0 Å². The lowest BCUT2D eigenvalue weighted by Gasteiger charge is -2.34. The van der Waals surface area contributed by atoms with E-state index in [1.807, 2.05) is 29.2 Å². The van der Waals surface area contributed by atoms with Crippen LogP contribution in [-0.2, 0) is 6.54 Å². The summed E-state index contributed by atoms with van der Waals surface area (Å²) in [7, 11) is 0. The lowest BCUT2D eigenvalue weighted by atomic mass is 10.1. The maximum absolute atomic E-state index is 14.4. The van der Waals surface area contributed by atoms with Crippen LogP contribution in [0.1, 0.15) is 50.6 Å². The first-order valence-electron chi connectivity index (χ1n) is 14.2. The third-order valence-corrected chi connectivity index (χ3v) is 8.24. The summed E-state index contributed by atoms with van der Waals surface area (Å²) in [5.41, 5.74) is 3.47. The first-order chi connectivity index (χ1) is 19.6. The zero-order chi connectivity index (χ0) is 27.5. The normalized spacial score (nSPS) is 19.7. The monoisotopic (exact) mass is 542 g/mol. The number of benzene rings is 1. The van der Waals surface area contributed by atoms with Crippen molar-refractivity contribution in [2.75, 3.05) is 26.2 Å². The first kappa shape index (κ1) is 26.4. The van der Waals surface area contributed by atoms with E-state index in [0.29, 0.717) is 18.2 Å². The van der Waals surface area contributed by atoms with Crippen LogP contribution in [0.3, 0.4) is 0 Å². The summed E-state index contributed by atoms with van der Waals surface area (Å²) in [4.78, 5) is 16.6. The van der Waals surface area contributed by atoms with Gasteiger partial charge in [0.05, 0.1) is 30.4 Å². The van der Waals surface area contributed by atoms with Crippen LogP contribution in [0.25, 0.3) is 22.3 Å². The van der Waals surface area contributed by atoms with Gasteiger partial charge in [-0.3, -0.25) is 9.58 Å². The molecule has 0 aliphatic carbocycles. The summed E-state index contributed by atoms with van der Waals surface area (Å²) in [6.45, 7) is 6.49. The Labute approximate surface area is 233 Å². The topological polar surface area (TPSA) is 98.9 Å². The van der Waals surface area contributed by atoms with Crippen LogP contribution >= 0.6 is 0 Å². The Hall–Kier alpha value is -3.81. The van der Waals surface area contributed by atoms with Gasteiger partial charge in [-0.1, -0.05) is 0 Å². The van der Waals surface area contributed by atoms with Crippen LogP contribution in [0.15, 0.2) is 49.2 Å². The quantitative estimate of drug-likeness (QED) is 0.320. The molecule has 2 aliphatic rings. The molecular formula is C30H35FN8O. The number of hydrogen-bond acceptors (Lipinski definition) is 7. The molecule has 4 aromatic rings. The smallest absolute Gasteiger partial charge is 0.141 e. The maximum atomic E-state index is 14.4. The molecule has 1 N–H and O–H groups in total. The number of rotatable bonds is 9. The summed E-state index contributed by atoms with van der Waals surface area (Å²) >= 11 is 0. The molecule has 5 heterocycles. The van der Waals surface area contributed by atoms with Gasteiger partial charge in [-0.2, -0.15) is 10.4 Å². The van der Waals surface area contributed by atoms with E-state index in [9.17, 15) is 9.65 Å². The molecule has 208 valence electrons. The summed E-state index contributed by atoms with van der Waals surface area (Å²) in [5, 5.41) is 15.1. The summed E-state index contributed by atoms with van der Waals surface area (Å²) in [6, 6.07) is 9.88. The number of likely N-dealkylation sites (tertiary alicyclic amines) is 2. The minimum Gasteiger partial charge on any atom is -0.490 e. The zero-order valence-electron chi connectivity index (χ0n) is 22.8. The molecule has 2 unspecified atom stereocenters. The molecule has 2 saturated heterocycles. The summed E-state index contributed by atoms with van der Waals surface area (Å²) in [6.07, 6.45) is 11.7. The molecule has 0 bridgehead atoms. The predicted molar refractivity (Wildman–Crippen MR) is 150 cm³/mol. The molecule has 9 nitrogen and oxygen atoms in total. The maximum Gasteiger partial charge on any atom is 0.141 e. The Kier molecular flexibility index (Phi) is 7.75. The van der Waals surface area contributed by atoms with Crippen molar-refractivity contribution in [3.63, 3.8) is 0 Å². The van der Waals surface area contributed by atoms with Crippen molar-refractivity contribution >= 4 is 11.0 Å². The zero-order valence-corrected chi connectivity index (χ0v) is 22.8. The number of halogens is 1. The highest BCUT2D eigenvalue weighted by Crippen LogP contribution is 2.28. The number of nitrogens with zero attached hydrogens (tertiary/aromatic N) is 7. The molecule has 10 heteroatoms. The second-order valence-corrected chi connectivity index (χ2v) is 11.1. The van der Waals surface area contributed by atoms with Crippen molar-refractivity contribution in [2.45, 2.75) is 63.8 Å². The van der Waals surface area contributed by atoms with Crippen molar-refractivity contribution in [3.05, 3.63) is 60.6 Å². The van der Waals surface area contributed by atoms with E-state index in [0.717, 1.165) is 73.4 Å². The third kappa shape index (κ3) is 5.86. The van der Waals surface area contributed by atoms with Gasteiger partial charge in [0.25, 0.3) is 0 Å². The van der Waals surface area contributed by atoms with E-state index in [1.165, 1.54) is 18.9 Å². The van der Waals surface area contributed by atoms with Crippen molar-refractivity contribution in [2.24, 2.45) is 0 Å². The number of aromatic amines is 1. The van der Waals surface area contributed by atoms with Crippen LogP contribution in [0.5, 0.6) is 5.75 Å². The largest absolute Gasteiger partial charge is 0.490 e. The Morgan fingerprint density at radius 1 is 1.18 bits per heavy atom. The van der Waals surface area contributed by atoms with Gasteiger partial charge in [0, 0.05) is 61.6 Å². The average Bonchev–Trinajstić information content (AvgIpc) is 3.71. The Morgan fingerprint density at radius 2 is 2.05 bits per heavy atom. The van der Waals surface area contributed by atoms with E-state index in [1.54, 1.807) is 18.6 Å². The number of nitrogens with one attached hydrogen (secondary N) is 1. The second kappa shape index (κ2) is 11.7. The fourth-order valence-corrected chi connectivity index (χ4v) is 6.05.